The molecule has 0 aromatic carbocycles. The molecule has 0 radical (unpaired) electrons. The molecule has 0 aliphatic carbocycles. The van der Waals surface area contributed by atoms with Gasteiger partial charge in [-0.25, -0.2) is 9.67 Å². The molecular weight excluding hydrogens is 247 g/mol. The van der Waals surface area contributed by atoms with Crippen LogP contribution in [0.25, 0.3) is 0 Å². The SMILES string of the molecule is Cc1nc(C)n(CC2CCCCN2)n1.Cl.Cl. The zero-order valence-corrected chi connectivity index (χ0v) is 11.4. The first-order chi connectivity index (χ1) is 6.75. The Bertz CT molecular complexity index is 308. The normalized spacial score (nSPS) is 19.8. The average molecular weight is 267 g/mol. The molecule has 1 aliphatic heterocycles. The van der Waals surface area contributed by atoms with Gasteiger partial charge in [0.2, 0.25) is 0 Å². The molecule has 0 saturated carbocycles. The third kappa shape index (κ3) is 3.92. The third-order valence-corrected chi connectivity index (χ3v) is 2.77. The number of halogens is 2. The summed E-state index contributed by atoms with van der Waals surface area (Å²) in [4.78, 5) is 4.30. The highest BCUT2D eigenvalue weighted by Crippen LogP contribution is 2.09. The van der Waals surface area contributed by atoms with Gasteiger partial charge in [0.15, 0.2) is 0 Å². The highest BCUT2D eigenvalue weighted by molar-refractivity contribution is 5.85. The van der Waals surface area contributed by atoms with Crippen molar-refractivity contribution in [2.75, 3.05) is 6.54 Å². The molecule has 1 aliphatic rings. The fourth-order valence-electron chi connectivity index (χ4n) is 2.02. The van der Waals surface area contributed by atoms with Gasteiger partial charge in [-0.1, -0.05) is 6.42 Å². The van der Waals surface area contributed by atoms with Crippen LogP contribution < -0.4 is 5.32 Å². The Kier molecular flexibility index (Phi) is 6.95. The fourth-order valence-corrected chi connectivity index (χ4v) is 2.02. The van der Waals surface area contributed by atoms with Crippen molar-refractivity contribution in [3.05, 3.63) is 11.6 Å². The largest absolute Gasteiger partial charge is 0.312 e. The molecule has 0 amide bonds. The number of aryl methyl sites for hydroxylation is 2. The molecule has 4 nitrogen and oxygen atoms in total. The van der Waals surface area contributed by atoms with Gasteiger partial charge in [0, 0.05) is 6.04 Å². The standard InChI is InChI=1S/C10H18N4.2ClH/c1-8-12-9(2)14(13-8)7-10-5-3-4-6-11-10;;/h10-11H,3-7H2,1-2H3;2*1H. The maximum absolute atomic E-state index is 4.37. The van der Waals surface area contributed by atoms with Crippen molar-refractivity contribution < 1.29 is 0 Å². The lowest BCUT2D eigenvalue weighted by molar-refractivity contribution is 0.347. The zero-order valence-electron chi connectivity index (χ0n) is 9.77. The van der Waals surface area contributed by atoms with Crippen LogP contribution in [0, 0.1) is 13.8 Å². The van der Waals surface area contributed by atoms with E-state index in [4.69, 9.17) is 0 Å². The molecule has 6 heteroatoms. The number of piperidine rings is 1. The molecule has 1 saturated heterocycles. The minimum absolute atomic E-state index is 0. The van der Waals surface area contributed by atoms with Crippen LogP contribution in [0.3, 0.4) is 0 Å². The fraction of sp³-hybridized carbons (Fsp3) is 0.800. The minimum atomic E-state index is 0. The molecule has 1 aromatic heterocycles. The van der Waals surface area contributed by atoms with Crippen LogP contribution in [0.1, 0.15) is 30.9 Å². The molecule has 1 unspecified atom stereocenters. The smallest absolute Gasteiger partial charge is 0.147 e. The highest BCUT2D eigenvalue weighted by Gasteiger charge is 2.14. The van der Waals surface area contributed by atoms with E-state index in [1.165, 1.54) is 19.3 Å². The summed E-state index contributed by atoms with van der Waals surface area (Å²) in [5.41, 5.74) is 0. The molecule has 94 valence electrons. The van der Waals surface area contributed by atoms with Gasteiger partial charge in [-0.3, -0.25) is 0 Å². The molecule has 16 heavy (non-hydrogen) atoms. The lowest BCUT2D eigenvalue weighted by atomic mass is 10.1. The Hall–Kier alpha value is -0.320. The van der Waals surface area contributed by atoms with E-state index >= 15 is 0 Å². The molecule has 1 atom stereocenters. The van der Waals surface area contributed by atoms with Gasteiger partial charge in [-0.15, -0.1) is 24.8 Å². The second kappa shape index (κ2) is 7.09. The number of hydrogen-bond acceptors (Lipinski definition) is 3. The highest BCUT2D eigenvalue weighted by atomic mass is 35.5. The lowest BCUT2D eigenvalue weighted by Crippen LogP contribution is -2.37. The third-order valence-electron chi connectivity index (χ3n) is 2.77. The number of hydrogen-bond donors (Lipinski definition) is 1. The molecule has 2 heterocycles. The second-order valence-electron chi connectivity index (χ2n) is 4.04. The van der Waals surface area contributed by atoms with Crippen LogP contribution in [-0.2, 0) is 6.54 Å². The van der Waals surface area contributed by atoms with Crippen LogP contribution >= 0.6 is 24.8 Å². The van der Waals surface area contributed by atoms with E-state index in [0.29, 0.717) is 6.04 Å². The van der Waals surface area contributed by atoms with Gasteiger partial charge in [0.1, 0.15) is 11.6 Å². The van der Waals surface area contributed by atoms with Crippen LogP contribution in [0.4, 0.5) is 0 Å². The summed E-state index contributed by atoms with van der Waals surface area (Å²) in [5.74, 6) is 1.90. The quantitative estimate of drug-likeness (QED) is 0.889. The molecule has 1 aromatic rings. The van der Waals surface area contributed by atoms with Gasteiger partial charge < -0.3 is 5.32 Å². The van der Waals surface area contributed by atoms with Crippen molar-refractivity contribution >= 4 is 24.8 Å². The number of nitrogens with one attached hydrogen (secondary N) is 1. The van der Waals surface area contributed by atoms with Gasteiger partial charge in [0.05, 0.1) is 6.54 Å². The predicted molar refractivity (Wildman–Crippen MR) is 69.6 cm³/mol. The topological polar surface area (TPSA) is 42.7 Å². The Morgan fingerprint density at radius 1 is 1.31 bits per heavy atom. The summed E-state index contributed by atoms with van der Waals surface area (Å²) in [7, 11) is 0. The molecule has 0 spiro atoms. The molecule has 0 bridgehead atoms. The van der Waals surface area contributed by atoms with Crippen LogP contribution in [0.15, 0.2) is 0 Å². The lowest BCUT2D eigenvalue weighted by Gasteiger charge is -2.23. The van der Waals surface area contributed by atoms with Crippen molar-refractivity contribution in [3.63, 3.8) is 0 Å². The Morgan fingerprint density at radius 2 is 2.06 bits per heavy atom. The van der Waals surface area contributed by atoms with E-state index in [0.717, 1.165) is 24.7 Å². The van der Waals surface area contributed by atoms with Gasteiger partial charge >= 0.3 is 0 Å². The van der Waals surface area contributed by atoms with E-state index in [1.807, 2.05) is 18.5 Å². The van der Waals surface area contributed by atoms with Crippen LogP contribution in [0.2, 0.25) is 0 Å². The number of rotatable bonds is 2. The van der Waals surface area contributed by atoms with E-state index in [-0.39, 0.29) is 24.8 Å². The number of nitrogens with zero attached hydrogens (tertiary/aromatic N) is 3. The average Bonchev–Trinajstić information content (AvgIpc) is 2.47. The first-order valence-corrected chi connectivity index (χ1v) is 5.37. The van der Waals surface area contributed by atoms with Crippen molar-refractivity contribution in [1.82, 2.24) is 20.1 Å². The first-order valence-electron chi connectivity index (χ1n) is 5.37. The molecule has 1 N–H and O–H groups in total. The van der Waals surface area contributed by atoms with Gasteiger partial charge in [-0.2, -0.15) is 5.10 Å². The van der Waals surface area contributed by atoms with Crippen LogP contribution in [-0.4, -0.2) is 27.4 Å². The Morgan fingerprint density at radius 3 is 2.56 bits per heavy atom. The van der Waals surface area contributed by atoms with Crippen molar-refractivity contribution in [3.8, 4) is 0 Å². The summed E-state index contributed by atoms with van der Waals surface area (Å²) < 4.78 is 2.01. The Balaban J connectivity index is 0.00000112. The summed E-state index contributed by atoms with van der Waals surface area (Å²) in [6.45, 7) is 6.07. The summed E-state index contributed by atoms with van der Waals surface area (Å²) >= 11 is 0. The van der Waals surface area contributed by atoms with E-state index in [9.17, 15) is 0 Å². The maximum Gasteiger partial charge on any atom is 0.147 e. The Labute approximate surface area is 109 Å². The van der Waals surface area contributed by atoms with Crippen molar-refractivity contribution in [2.24, 2.45) is 0 Å². The minimum Gasteiger partial charge on any atom is -0.312 e. The van der Waals surface area contributed by atoms with E-state index in [2.05, 4.69) is 15.4 Å². The van der Waals surface area contributed by atoms with Crippen molar-refractivity contribution in [2.45, 2.75) is 45.7 Å². The second-order valence-corrected chi connectivity index (χ2v) is 4.04. The summed E-state index contributed by atoms with van der Waals surface area (Å²) in [6.07, 6.45) is 3.91. The summed E-state index contributed by atoms with van der Waals surface area (Å²) in [5, 5.41) is 7.89. The molecular formula is C10H20Cl2N4. The van der Waals surface area contributed by atoms with Gasteiger partial charge in [0.25, 0.3) is 0 Å². The van der Waals surface area contributed by atoms with Crippen molar-refractivity contribution in [1.29, 1.82) is 0 Å². The molecule has 2 rings (SSSR count). The van der Waals surface area contributed by atoms with Crippen LogP contribution in [0.5, 0.6) is 0 Å². The first kappa shape index (κ1) is 15.7. The van der Waals surface area contributed by atoms with Gasteiger partial charge in [-0.05, 0) is 33.2 Å². The zero-order chi connectivity index (χ0) is 9.97. The molecule has 1 fully saturated rings. The maximum atomic E-state index is 4.37. The number of aromatic nitrogens is 3. The predicted octanol–water partition coefficient (Wildman–Crippen LogP) is 1.88. The summed E-state index contributed by atoms with van der Waals surface area (Å²) in [6, 6.07) is 0.587. The van der Waals surface area contributed by atoms with E-state index < -0.39 is 0 Å². The van der Waals surface area contributed by atoms with E-state index in [1.54, 1.807) is 0 Å². The monoisotopic (exact) mass is 266 g/mol.